The van der Waals surface area contributed by atoms with Crippen LogP contribution in [0.1, 0.15) is 0 Å². The third-order valence-electron chi connectivity index (χ3n) is 2.82. The van der Waals surface area contributed by atoms with Crippen LogP contribution < -0.4 is 0 Å². The van der Waals surface area contributed by atoms with Crippen LogP contribution in [0, 0.1) is 0 Å². The molecule has 3 aromatic rings. The number of aromatic amines is 1. The van der Waals surface area contributed by atoms with Gasteiger partial charge < -0.3 is 15.2 Å². The maximum atomic E-state index is 9.87. The third kappa shape index (κ3) is 1.81. The minimum atomic E-state index is -0.305. The number of phenols is 2. The Morgan fingerprint density at radius 3 is 2.84 bits per heavy atom. The van der Waals surface area contributed by atoms with Gasteiger partial charge in [0.2, 0.25) is 0 Å². The van der Waals surface area contributed by atoms with E-state index >= 15 is 0 Å². The fraction of sp³-hybridized carbons (Fsp3) is 0.0833. The SMILES string of the molecule is Cn1nccc1N=Nc1c(O)c(O)cc2cc[nH]c12. The van der Waals surface area contributed by atoms with Crippen LogP contribution in [0.2, 0.25) is 0 Å². The van der Waals surface area contributed by atoms with Gasteiger partial charge in [0.15, 0.2) is 23.0 Å². The predicted molar refractivity (Wildman–Crippen MR) is 69.0 cm³/mol. The molecule has 3 rings (SSSR count). The summed E-state index contributed by atoms with van der Waals surface area (Å²) in [7, 11) is 1.74. The van der Waals surface area contributed by atoms with Crippen molar-refractivity contribution in [3.8, 4) is 11.5 Å². The van der Waals surface area contributed by atoms with Crippen LogP contribution in [0.15, 0.2) is 40.8 Å². The molecule has 7 nitrogen and oxygen atoms in total. The van der Waals surface area contributed by atoms with E-state index in [0.29, 0.717) is 11.3 Å². The summed E-state index contributed by atoms with van der Waals surface area (Å²) in [4.78, 5) is 2.95. The monoisotopic (exact) mass is 257 g/mol. The number of rotatable bonds is 2. The largest absolute Gasteiger partial charge is 0.504 e. The van der Waals surface area contributed by atoms with Crippen molar-refractivity contribution in [1.82, 2.24) is 14.8 Å². The molecule has 2 heterocycles. The highest BCUT2D eigenvalue weighted by atomic mass is 16.3. The van der Waals surface area contributed by atoms with Gasteiger partial charge in [-0.3, -0.25) is 0 Å². The smallest absolute Gasteiger partial charge is 0.187 e. The Labute approximate surface area is 107 Å². The molecule has 2 aromatic heterocycles. The standard InChI is InChI=1S/C12H11N5O2/c1-17-9(3-5-14-17)15-16-11-10-7(2-4-13-10)6-8(18)12(11)19/h2-6,13,18-19H,1H3. The van der Waals surface area contributed by atoms with Crippen molar-refractivity contribution in [2.75, 3.05) is 0 Å². The molecule has 1 aromatic carbocycles. The van der Waals surface area contributed by atoms with Gasteiger partial charge in [0, 0.05) is 24.7 Å². The number of fused-ring (bicyclic) bond motifs is 1. The van der Waals surface area contributed by atoms with Crippen LogP contribution in [0.5, 0.6) is 11.5 Å². The fourth-order valence-electron chi connectivity index (χ4n) is 1.83. The number of hydrogen-bond acceptors (Lipinski definition) is 5. The molecule has 0 saturated heterocycles. The van der Waals surface area contributed by atoms with E-state index in [1.807, 2.05) is 0 Å². The number of aromatic nitrogens is 3. The first-order valence-corrected chi connectivity index (χ1v) is 5.58. The predicted octanol–water partition coefficient (Wildman–Crippen LogP) is 2.73. The van der Waals surface area contributed by atoms with Crippen molar-refractivity contribution < 1.29 is 10.2 Å². The quantitative estimate of drug-likeness (QED) is 0.486. The number of aryl methyl sites for hydroxylation is 1. The number of aromatic hydroxyl groups is 2. The van der Waals surface area contributed by atoms with Crippen LogP contribution in [-0.4, -0.2) is 25.0 Å². The van der Waals surface area contributed by atoms with Gasteiger partial charge in [0.1, 0.15) is 0 Å². The number of phenolic OH excluding ortho intramolecular Hbond substituents is 2. The van der Waals surface area contributed by atoms with Gasteiger partial charge in [0.05, 0.1) is 11.7 Å². The highest BCUT2D eigenvalue weighted by molar-refractivity contribution is 5.94. The van der Waals surface area contributed by atoms with Crippen molar-refractivity contribution in [2.45, 2.75) is 0 Å². The molecular weight excluding hydrogens is 246 g/mol. The Balaban J connectivity index is 2.14. The Bertz CT molecular complexity index is 772. The summed E-state index contributed by atoms with van der Waals surface area (Å²) in [6.45, 7) is 0. The van der Waals surface area contributed by atoms with Gasteiger partial charge in [-0.2, -0.15) is 5.10 Å². The molecule has 0 bridgehead atoms. The summed E-state index contributed by atoms with van der Waals surface area (Å²) in [6.07, 6.45) is 3.30. The van der Waals surface area contributed by atoms with Gasteiger partial charge >= 0.3 is 0 Å². The molecule has 0 atom stereocenters. The van der Waals surface area contributed by atoms with E-state index in [2.05, 4.69) is 20.3 Å². The Kier molecular flexibility index (Phi) is 2.45. The van der Waals surface area contributed by atoms with Crippen LogP contribution >= 0.6 is 0 Å². The number of azo groups is 1. The summed E-state index contributed by atoms with van der Waals surface area (Å²) >= 11 is 0. The minimum absolute atomic E-state index is 0.196. The number of benzene rings is 1. The van der Waals surface area contributed by atoms with Crippen LogP contribution in [0.4, 0.5) is 11.5 Å². The lowest BCUT2D eigenvalue weighted by Crippen LogP contribution is -1.87. The van der Waals surface area contributed by atoms with Crippen molar-refractivity contribution in [1.29, 1.82) is 0 Å². The second kappa shape index (κ2) is 4.13. The van der Waals surface area contributed by atoms with E-state index in [1.165, 1.54) is 6.07 Å². The number of nitrogens with zero attached hydrogens (tertiary/aromatic N) is 4. The zero-order valence-electron chi connectivity index (χ0n) is 10.1. The Morgan fingerprint density at radius 2 is 2.11 bits per heavy atom. The molecule has 7 heteroatoms. The molecule has 0 aliphatic rings. The highest BCUT2D eigenvalue weighted by Crippen LogP contribution is 2.41. The summed E-state index contributed by atoms with van der Waals surface area (Å²) in [5.74, 6) is 0.00868. The van der Waals surface area contributed by atoms with E-state index in [9.17, 15) is 10.2 Å². The van der Waals surface area contributed by atoms with Gasteiger partial charge in [-0.15, -0.1) is 10.2 Å². The highest BCUT2D eigenvalue weighted by Gasteiger charge is 2.13. The van der Waals surface area contributed by atoms with Crippen molar-refractivity contribution in [3.05, 3.63) is 30.6 Å². The van der Waals surface area contributed by atoms with Gasteiger partial charge in [-0.25, -0.2) is 4.68 Å². The number of hydrogen-bond donors (Lipinski definition) is 3. The zero-order valence-corrected chi connectivity index (χ0v) is 10.1. The van der Waals surface area contributed by atoms with Crippen LogP contribution in [0.3, 0.4) is 0 Å². The van der Waals surface area contributed by atoms with Gasteiger partial charge in [-0.1, -0.05) is 0 Å². The molecule has 19 heavy (non-hydrogen) atoms. The molecule has 3 N–H and O–H groups in total. The minimum Gasteiger partial charge on any atom is -0.504 e. The average molecular weight is 257 g/mol. The summed E-state index contributed by atoms with van der Waals surface area (Å²) in [5.41, 5.74) is 0.808. The summed E-state index contributed by atoms with van der Waals surface area (Å²) in [6, 6.07) is 4.93. The Hall–Kier alpha value is -2.83. The van der Waals surface area contributed by atoms with E-state index in [-0.39, 0.29) is 17.2 Å². The van der Waals surface area contributed by atoms with E-state index in [4.69, 9.17) is 0 Å². The zero-order chi connectivity index (χ0) is 13.4. The van der Waals surface area contributed by atoms with Gasteiger partial charge in [0.25, 0.3) is 0 Å². The molecule has 0 spiro atoms. The molecule has 0 aliphatic heterocycles. The maximum absolute atomic E-state index is 9.87. The molecule has 0 saturated carbocycles. The second-order valence-corrected chi connectivity index (χ2v) is 4.05. The molecule has 0 aliphatic carbocycles. The molecule has 0 fully saturated rings. The third-order valence-corrected chi connectivity index (χ3v) is 2.82. The normalized spacial score (nSPS) is 11.6. The van der Waals surface area contributed by atoms with Crippen LogP contribution in [-0.2, 0) is 7.05 Å². The molecule has 0 radical (unpaired) electrons. The number of nitrogens with one attached hydrogen (secondary N) is 1. The van der Waals surface area contributed by atoms with Crippen LogP contribution in [0.25, 0.3) is 10.9 Å². The average Bonchev–Trinajstić information content (AvgIpc) is 2.99. The first kappa shape index (κ1) is 11.3. The van der Waals surface area contributed by atoms with Crippen molar-refractivity contribution >= 4 is 22.4 Å². The Morgan fingerprint density at radius 1 is 1.26 bits per heavy atom. The lowest BCUT2D eigenvalue weighted by molar-refractivity contribution is 0.405. The van der Waals surface area contributed by atoms with E-state index in [1.54, 1.807) is 36.3 Å². The lowest BCUT2D eigenvalue weighted by Gasteiger charge is -2.02. The van der Waals surface area contributed by atoms with Crippen molar-refractivity contribution in [2.24, 2.45) is 17.3 Å². The van der Waals surface area contributed by atoms with Crippen molar-refractivity contribution in [3.63, 3.8) is 0 Å². The van der Waals surface area contributed by atoms with E-state index < -0.39 is 0 Å². The number of H-pyrrole nitrogens is 1. The first-order valence-electron chi connectivity index (χ1n) is 5.58. The van der Waals surface area contributed by atoms with Gasteiger partial charge in [-0.05, 0) is 12.1 Å². The fourth-order valence-corrected chi connectivity index (χ4v) is 1.83. The molecule has 0 unspecified atom stereocenters. The molecular formula is C12H11N5O2. The lowest BCUT2D eigenvalue weighted by atomic mass is 10.2. The summed E-state index contributed by atoms with van der Waals surface area (Å²) in [5, 5.41) is 32.2. The second-order valence-electron chi connectivity index (χ2n) is 4.05. The molecule has 96 valence electrons. The molecule has 0 amide bonds. The maximum Gasteiger partial charge on any atom is 0.187 e. The van der Waals surface area contributed by atoms with E-state index in [0.717, 1.165) is 5.39 Å². The first-order chi connectivity index (χ1) is 9.16. The topological polar surface area (TPSA) is 98.8 Å². The summed E-state index contributed by atoms with van der Waals surface area (Å²) < 4.78 is 1.55.